The molecule has 2 aromatic carbocycles. The van der Waals surface area contributed by atoms with Gasteiger partial charge >= 0.3 is 0 Å². The van der Waals surface area contributed by atoms with Gasteiger partial charge in [-0.1, -0.05) is 42.3 Å². The van der Waals surface area contributed by atoms with Crippen molar-refractivity contribution < 1.29 is 4.79 Å². The number of hydrogen-bond donors (Lipinski definition) is 2. The van der Waals surface area contributed by atoms with Gasteiger partial charge in [-0.3, -0.25) is 4.79 Å². The standard InChI is InChI=1S/C15H14Cl2N2OS/c1-2-21-13-6-4-3-5-12(13)19-15(20)9-7-10(16)14(17)11(18)8-9/h3-8H,2,18H2,1H3,(H,19,20). The molecule has 0 spiro atoms. The topological polar surface area (TPSA) is 55.1 Å². The van der Waals surface area contributed by atoms with E-state index in [-0.39, 0.29) is 21.6 Å². The van der Waals surface area contributed by atoms with Crippen LogP contribution in [0.1, 0.15) is 17.3 Å². The van der Waals surface area contributed by atoms with Gasteiger partial charge in [-0.25, -0.2) is 0 Å². The highest BCUT2D eigenvalue weighted by molar-refractivity contribution is 7.99. The van der Waals surface area contributed by atoms with E-state index in [1.54, 1.807) is 11.8 Å². The minimum atomic E-state index is -0.274. The zero-order chi connectivity index (χ0) is 15.4. The molecule has 0 aliphatic rings. The monoisotopic (exact) mass is 340 g/mol. The van der Waals surface area contributed by atoms with Crippen molar-refractivity contribution in [2.24, 2.45) is 0 Å². The van der Waals surface area contributed by atoms with E-state index >= 15 is 0 Å². The molecule has 0 heterocycles. The Hall–Kier alpha value is -1.36. The number of amides is 1. The number of nitrogens with one attached hydrogen (secondary N) is 1. The SMILES string of the molecule is CCSc1ccccc1NC(=O)c1cc(N)c(Cl)c(Cl)c1. The van der Waals surface area contributed by atoms with Gasteiger partial charge in [0.1, 0.15) is 0 Å². The van der Waals surface area contributed by atoms with E-state index in [1.807, 2.05) is 24.3 Å². The van der Waals surface area contributed by atoms with Gasteiger partial charge in [0.15, 0.2) is 0 Å². The van der Waals surface area contributed by atoms with Crippen LogP contribution in [0, 0.1) is 0 Å². The summed E-state index contributed by atoms with van der Waals surface area (Å²) in [5.74, 6) is 0.650. The number of halogens is 2. The number of rotatable bonds is 4. The van der Waals surface area contributed by atoms with Gasteiger partial charge in [0.25, 0.3) is 5.91 Å². The average Bonchev–Trinajstić information content (AvgIpc) is 2.46. The van der Waals surface area contributed by atoms with Crippen LogP contribution in [0.25, 0.3) is 0 Å². The van der Waals surface area contributed by atoms with Crippen molar-refractivity contribution in [1.82, 2.24) is 0 Å². The molecule has 0 radical (unpaired) electrons. The third kappa shape index (κ3) is 3.84. The minimum Gasteiger partial charge on any atom is -0.397 e. The van der Waals surface area contributed by atoms with Crippen LogP contribution in [-0.4, -0.2) is 11.7 Å². The number of nitrogens with two attached hydrogens (primary N) is 1. The summed E-state index contributed by atoms with van der Waals surface area (Å²) in [5.41, 5.74) is 7.15. The summed E-state index contributed by atoms with van der Waals surface area (Å²) in [5, 5.41) is 3.39. The Labute approximate surface area is 137 Å². The first kappa shape index (κ1) is 16.0. The van der Waals surface area contributed by atoms with Crippen LogP contribution in [0.5, 0.6) is 0 Å². The maximum Gasteiger partial charge on any atom is 0.255 e. The summed E-state index contributed by atoms with van der Waals surface area (Å²) in [6.07, 6.45) is 0. The van der Waals surface area contributed by atoms with Crippen molar-refractivity contribution >= 4 is 52.2 Å². The molecular formula is C15H14Cl2N2OS. The lowest BCUT2D eigenvalue weighted by Gasteiger charge is -2.11. The third-order valence-electron chi connectivity index (χ3n) is 2.75. The molecule has 0 saturated carbocycles. The lowest BCUT2D eigenvalue weighted by atomic mass is 10.2. The number of thioether (sulfide) groups is 1. The van der Waals surface area contributed by atoms with Crippen molar-refractivity contribution in [2.75, 3.05) is 16.8 Å². The van der Waals surface area contributed by atoms with Crippen LogP contribution >= 0.6 is 35.0 Å². The first-order valence-corrected chi connectivity index (χ1v) is 8.04. The largest absolute Gasteiger partial charge is 0.397 e. The van der Waals surface area contributed by atoms with E-state index < -0.39 is 0 Å². The number of anilines is 2. The number of nitrogen functional groups attached to an aromatic ring is 1. The van der Waals surface area contributed by atoms with E-state index in [0.717, 1.165) is 16.3 Å². The van der Waals surface area contributed by atoms with Gasteiger partial charge < -0.3 is 11.1 Å². The molecule has 110 valence electrons. The van der Waals surface area contributed by atoms with Crippen molar-refractivity contribution in [2.45, 2.75) is 11.8 Å². The van der Waals surface area contributed by atoms with Crippen LogP contribution in [0.2, 0.25) is 10.0 Å². The van der Waals surface area contributed by atoms with E-state index in [4.69, 9.17) is 28.9 Å². The van der Waals surface area contributed by atoms with Crippen molar-refractivity contribution in [1.29, 1.82) is 0 Å². The van der Waals surface area contributed by atoms with Crippen molar-refractivity contribution in [3.05, 3.63) is 52.0 Å². The Kier molecular flexibility index (Phi) is 5.39. The summed E-state index contributed by atoms with van der Waals surface area (Å²) >= 11 is 13.5. The number of hydrogen-bond acceptors (Lipinski definition) is 3. The molecule has 21 heavy (non-hydrogen) atoms. The van der Waals surface area contributed by atoms with Crippen LogP contribution in [0.3, 0.4) is 0 Å². The molecule has 0 saturated heterocycles. The Morgan fingerprint density at radius 1 is 1.29 bits per heavy atom. The molecule has 6 heteroatoms. The van der Waals surface area contributed by atoms with Gasteiger partial charge in [0, 0.05) is 10.5 Å². The predicted octanol–water partition coefficient (Wildman–Crippen LogP) is 4.94. The van der Waals surface area contributed by atoms with E-state index in [1.165, 1.54) is 12.1 Å². The van der Waals surface area contributed by atoms with Gasteiger partial charge in [0.2, 0.25) is 0 Å². The fourth-order valence-electron chi connectivity index (χ4n) is 1.79. The van der Waals surface area contributed by atoms with Crippen LogP contribution in [-0.2, 0) is 0 Å². The normalized spacial score (nSPS) is 10.4. The average molecular weight is 341 g/mol. The van der Waals surface area contributed by atoms with Gasteiger partial charge in [-0.2, -0.15) is 0 Å². The number of carbonyl (C=O) groups excluding carboxylic acids is 1. The molecule has 2 rings (SSSR count). The highest BCUT2D eigenvalue weighted by atomic mass is 35.5. The Morgan fingerprint density at radius 2 is 2.00 bits per heavy atom. The lowest BCUT2D eigenvalue weighted by Crippen LogP contribution is -2.13. The second-order valence-corrected chi connectivity index (χ2v) is 6.34. The zero-order valence-corrected chi connectivity index (χ0v) is 13.6. The molecule has 0 aromatic heterocycles. The summed E-state index contributed by atoms with van der Waals surface area (Å²) in [6.45, 7) is 2.06. The Bertz CT molecular complexity index is 653. The van der Waals surface area contributed by atoms with Crippen molar-refractivity contribution in [3.63, 3.8) is 0 Å². The quantitative estimate of drug-likeness (QED) is 0.612. The molecule has 0 fully saturated rings. The predicted molar refractivity (Wildman–Crippen MR) is 91.7 cm³/mol. The van der Waals surface area contributed by atoms with E-state index in [9.17, 15) is 4.79 Å². The molecule has 0 bridgehead atoms. The second kappa shape index (κ2) is 7.07. The highest BCUT2D eigenvalue weighted by Crippen LogP contribution is 2.31. The maximum absolute atomic E-state index is 12.3. The summed E-state index contributed by atoms with van der Waals surface area (Å²) in [4.78, 5) is 13.3. The fraction of sp³-hybridized carbons (Fsp3) is 0.133. The molecule has 0 aliphatic heterocycles. The molecular weight excluding hydrogens is 327 g/mol. The molecule has 1 amide bonds. The van der Waals surface area contributed by atoms with E-state index in [2.05, 4.69) is 12.2 Å². The zero-order valence-electron chi connectivity index (χ0n) is 11.3. The van der Waals surface area contributed by atoms with Gasteiger partial charge in [0.05, 0.1) is 21.4 Å². The first-order valence-electron chi connectivity index (χ1n) is 6.30. The number of carbonyl (C=O) groups is 1. The minimum absolute atomic E-state index is 0.259. The Balaban J connectivity index is 2.26. The van der Waals surface area contributed by atoms with Crippen LogP contribution in [0.15, 0.2) is 41.3 Å². The molecule has 3 nitrogen and oxygen atoms in total. The van der Waals surface area contributed by atoms with Gasteiger partial charge in [-0.15, -0.1) is 11.8 Å². The molecule has 0 aliphatic carbocycles. The number of para-hydroxylation sites is 1. The summed E-state index contributed by atoms with van der Waals surface area (Å²) in [6, 6.07) is 10.7. The molecule has 2 aromatic rings. The maximum atomic E-state index is 12.3. The fourth-order valence-corrected chi connectivity index (χ4v) is 2.88. The number of benzene rings is 2. The first-order chi connectivity index (χ1) is 10.0. The molecule has 0 atom stereocenters. The third-order valence-corrected chi connectivity index (χ3v) is 4.53. The van der Waals surface area contributed by atoms with E-state index in [0.29, 0.717) is 5.56 Å². The lowest BCUT2D eigenvalue weighted by molar-refractivity contribution is 0.102. The summed E-state index contributed by atoms with van der Waals surface area (Å²) in [7, 11) is 0. The molecule has 3 N–H and O–H groups in total. The smallest absolute Gasteiger partial charge is 0.255 e. The van der Waals surface area contributed by atoms with Crippen molar-refractivity contribution in [3.8, 4) is 0 Å². The van der Waals surface area contributed by atoms with Crippen LogP contribution < -0.4 is 11.1 Å². The second-order valence-electron chi connectivity index (χ2n) is 4.24. The highest BCUT2D eigenvalue weighted by Gasteiger charge is 2.13. The van der Waals surface area contributed by atoms with Gasteiger partial charge in [-0.05, 0) is 30.0 Å². The Morgan fingerprint density at radius 3 is 2.67 bits per heavy atom. The van der Waals surface area contributed by atoms with Crippen LogP contribution in [0.4, 0.5) is 11.4 Å². The molecule has 0 unspecified atom stereocenters. The summed E-state index contributed by atoms with van der Waals surface area (Å²) < 4.78 is 0.